The van der Waals surface area contributed by atoms with Crippen molar-refractivity contribution in [1.29, 1.82) is 0 Å². The SMILES string of the molecule is COc1cc(CNc2nccn(CC(C)C)c2=O)ccn1. The van der Waals surface area contributed by atoms with Gasteiger partial charge in [-0.05, 0) is 17.5 Å². The van der Waals surface area contributed by atoms with E-state index in [0.717, 1.165) is 5.56 Å². The fraction of sp³-hybridized carbons (Fsp3) is 0.400. The molecule has 0 radical (unpaired) electrons. The molecule has 0 fully saturated rings. The van der Waals surface area contributed by atoms with Crippen molar-refractivity contribution in [1.82, 2.24) is 14.5 Å². The van der Waals surface area contributed by atoms with Gasteiger partial charge in [0.2, 0.25) is 5.88 Å². The predicted octanol–water partition coefficient (Wildman–Crippen LogP) is 1.91. The van der Waals surface area contributed by atoms with E-state index in [1.54, 1.807) is 30.3 Å². The molecule has 0 aromatic carbocycles. The van der Waals surface area contributed by atoms with Gasteiger partial charge in [0.05, 0.1) is 7.11 Å². The van der Waals surface area contributed by atoms with Crippen LogP contribution < -0.4 is 15.6 Å². The maximum absolute atomic E-state index is 12.2. The fourth-order valence-corrected chi connectivity index (χ4v) is 1.96. The van der Waals surface area contributed by atoms with Crippen LogP contribution in [0.15, 0.2) is 35.5 Å². The van der Waals surface area contributed by atoms with Gasteiger partial charge in [0.25, 0.3) is 5.56 Å². The largest absolute Gasteiger partial charge is 0.481 e. The molecule has 0 aliphatic rings. The van der Waals surface area contributed by atoms with Gasteiger partial charge in [-0.1, -0.05) is 13.8 Å². The number of aromatic nitrogens is 3. The molecule has 0 saturated heterocycles. The van der Waals surface area contributed by atoms with Crippen LogP contribution in [0.2, 0.25) is 0 Å². The number of ether oxygens (including phenoxy) is 1. The van der Waals surface area contributed by atoms with E-state index in [1.165, 1.54) is 0 Å². The minimum atomic E-state index is -0.104. The molecule has 1 N–H and O–H groups in total. The van der Waals surface area contributed by atoms with Crippen molar-refractivity contribution in [3.05, 3.63) is 46.6 Å². The Morgan fingerprint density at radius 3 is 2.86 bits per heavy atom. The highest BCUT2D eigenvalue weighted by atomic mass is 16.5. The monoisotopic (exact) mass is 288 g/mol. The van der Waals surface area contributed by atoms with E-state index in [1.807, 2.05) is 12.1 Å². The molecule has 0 aliphatic heterocycles. The molecule has 21 heavy (non-hydrogen) atoms. The van der Waals surface area contributed by atoms with E-state index < -0.39 is 0 Å². The smallest absolute Gasteiger partial charge is 0.293 e. The fourth-order valence-electron chi connectivity index (χ4n) is 1.96. The zero-order valence-electron chi connectivity index (χ0n) is 12.5. The Bertz CT molecular complexity index is 652. The molecule has 0 atom stereocenters. The second kappa shape index (κ2) is 6.88. The Morgan fingerprint density at radius 1 is 1.33 bits per heavy atom. The van der Waals surface area contributed by atoms with E-state index in [4.69, 9.17) is 4.74 Å². The number of nitrogens with one attached hydrogen (secondary N) is 1. The standard InChI is InChI=1S/C15H20N4O2/c1-11(2)10-19-7-6-17-14(15(19)20)18-9-12-4-5-16-13(8-12)21-3/h4-8,11H,9-10H2,1-3H3,(H,17,18). The highest BCUT2D eigenvalue weighted by molar-refractivity contribution is 5.33. The molecule has 2 rings (SSSR count). The van der Waals surface area contributed by atoms with Gasteiger partial charge in [0, 0.05) is 37.7 Å². The van der Waals surface area contributed by atoms with E-state index in [-0.39, 0.29) is 5.56 Å². The molecule has 0 unspecified atom stereocenters. The van der Waals surface area contributed by atoms with Crippen molar-refractivity contribution >= 4 is 5.82 Å². The van der Waals surface area contributed by atoms with Crippen LogP contribution in [0.25, 0.3) is 0 Å². The second-order valence-corrected chi connectivity index (χ2v) is 5.19. The summed E-state index contributed by atoms with van der Waals surface area (Å²) in [6.45, 7) is 5.32. The zero-order chi connectivity index (χ0) is 15.2. The number of hydrogen-bond donors (Lipinski definition) is 1. The topological polar surface area (TPSA) is 69.0 Å². The molecule has 0 spiro atoms. The van der Waals surface area contributed by atoms with Crippen LogP contribution in [0.1, 0.15) is 19.4 Å². The quantitative estimate of drug-likeness (QED) is 0.879. The van der Waals surface area contributed by atoms with Crippen molar-refractivity contribution in [3.8, 4) is 5.88 Å². The molecular formula is C15H20N4O2. The minimum absolute atomic E-state index is 0.104. The van der Waals surface area contributed by atoms with Gasteiger partial charge in [-0.25, -0.2) is 9.97 Å². The van der Waals surface area contributed by atoms with Crippen LogP contribution in [-0.4, -0.2) is 21.6 Å². The molecule has 2 aromatic heterocycles. The first-order valence-electron chi connectivity index (χ1n) is 6.88. The summed E-state index contributed by atoms with van der Waals surface area (Å²) in [5.74, 6) is 1.31. The van der Waals surface area contributed by atoms with Crippen molar-refractivity contribution in [2.75, 3.05) is 12.4 Å². The van der Waals surface area contributed by atoms with Crippen molar-refractivity contribution in [2.45, 2.75) is 26.9 Å². The first-order chi connectivity index (χ1) is 10.1. The van der Waals surface area contributed by atoms with Crippen molar-refractivity contribution in [3.63, 3.8) is 0 Å². The third-order valence-corrected chi connectivity index (χ3v) is 2.94. The van der Waals surface area contributed by atoms with E-state index in [9.17, 15) is 4.79 Å². The summed E-state index contributed by atoms with van der Waals surface area (Å²) >= 11 is 0. The Hall–Kier alpha value is -2.37. The summed E-state index contributed by atoms with van der Waals surface area (Å²) in [7, 11) is 1.57. The van der Waals surface area contributed by atoms with Crippen LogP contribution >= 0.6 is 0 Å². The average molecular weight is 288 g/mol. The molecule has 2 heterocycles. The first kappa shape index (κ1) is 15.0. The number of rotatable bonds is 6. The van der Waals surface area contributed by atoms with E-state index >= 15 is 0 Å². The lowest BCUT2D eigenvalue weighted by molar-refractivity contribution is 0.397. The molecule has 0 amide bonds. The summed E-state index contributed by atoms with van der Waals surface area (Å²) < 4.78 is 6.75. The van der Waals surface area contributed by atoms with Crippen LogP contribution in [-0.2, 0) is 13.1 Å². The predicted molar refractivity (Wildman–Crippen MR) is 81.5 cm³/mol. The highest BCUT2D eigenvalue weighted by Crippen LogP contribution is 2.09. The van der Waals surface area contributed by atoms with Gasteiger partial charge >= 0.3 is 0 Å². The zero-order valence-corrected chi connectivity index (χ0v) is 12.5. The summed E-state index contributed by atoms with van der Waals surface area (Å²) in [5.41, 5.74) is 0.870. The van der Waals surface area contributed by atoms with Gasteiger partial charge < -0.3 is 14.6 Å². The maximum atomic E-state index is 12.2. The Labute approximate surface area is 123 Å². The van der Waals surface area contributed by atoms with Crippen molar-refractivity contribution in [2.24, 2.45) is 5.92 Å². The van der Waals surface area contributed by atoms with Crippen LogP contribution in [0.3, 0.4) is 0 Å². The summed E-state index contributed by atoms with van der Waals surface area (Å²) in [4.78, 5) is 20.4. The van der Waals surface area contributed by atoms with Gasteiger partial charge in [-0.2, -0.15) is 0 Å². The van der Waals surface area contributed by atoms with Gasteiger partial charge in [-0.15, -0.1) is 0 Å². The van der Waals surface area contributed by atoms with Crippen LogP contribution in [0.4, 0.5) is 5.82 Å². The average Bonchev–Trinajstić information content (AvgIpc) is 2.48. The first-order valence-corrected chi connectivity index (χ1v) is 6.88. The molecule has 0 bridgehead atoms. The summed E-state index contributed by atoms with van der Waals surface area (Å²) in [6, 6.07) is 3.69. The van der Waals surface area contributed by atoms with Crippen LogP contribution in [0, 0.1) is 5.92 Å². The number of nitrogens with zero attached hydrogens (tertiary/aromatic N) is 3. The minimum Gasteiger partial charge on any atom is -0.481 e. The molecule has 112 valence electrons. The molecule has 6 nitrogen and oxygen atoms in total. The number of pyridine rings is 1. The lowest BCUT2D eigenvalue weighted by Gasteiger charge is -2.11. The lowest BCUT2D eigenvalue weighted by Crippen LogP contribution is -2.25. The van der Waals surface area contributed by atoms with E-state index in [2.05, 4.69) is 29.1 Å². The Morgan fingerprint density at radius 2 is 2.14 bits per heavy atom. The molecule has 2 aromatic rings. The van der Waals surface area contributed by atoms with Crippen molar-refractivity contribution < 1.29 is 4.74 Å². The van der Waals surface area contributed by atoms with Crippen LogP contribution in [0.5, 0.6) is 5.88 Å². The number of methoxy groups -OCH3 is 1. The Kier molecular flexibility index (Phi) is 4.92. The van der Waals surface area contributed by atoms with Gasteiger partial charge in [-0.3, -0.25) is 4.79 Å². The highest BCUT2D eigenvalue weighted by Gasteiger charge is 2.06. The number of anilines is 1. The molecule has 6 heteroatoms. The van der Waals surface area contributed by atoms with E-state index in [0.29, 0.717) is 30.7 Å². The normalized spacial score (nSPS) is 10.7. The van der Waals surface area contributed by atoms with Gasteiger partial charge in [0.1, 0.15) is 0 Å². The third kappa shape index (κ3) is 4.05. The van der Waals surface area contributed by atoms with Gasteiger partial charge in [0.15, 0.2) is 5.82 Å². The molecule has 0 aliphatic carbocycles. The number of hydrogen-bond acceptors (Lipinski definition) is 5. The second-order valence-electron chi connectivity index (χ2n) is 5.19. The summed E-state index contributed by atoms with van der Waals surface area (Å²) in [5, 5.41) is 3.07. The molecule has 0 saturated carbocycles. The third-order valence-electron chi connectivity index (χ3n) is 2.94. The Balaban J connectivity index is 2.11. The lowest BCUT2D eigenvalue weighted by atomic mass is 10.2. The molecular weight excluding hydrogens is 268 g/mol. The maximum Gasteiger partial charge on any atom is 0.293 e. The summed E-state index contributed by atoms with van der Waals surface area (Å²) in [6.07, 6.45) is 5.02.